The monoisotopic (exact) mass is 448 g/mol. The lowest BCUT2D eigenvalue weighted by Crippen LogP contribution is -2.48. The second-order valence-corrected chi connectivity index (χ2v) is 9.20. The van der Waals surface area contributed by atoms with Crippen LogP contribution in [0.5, 0.6) is 0 Å². The van der Waals surface area contributed by atoms with Crippen LogP contribution in [0.4, 0.5) is 10.5 Å². The van der Waals surface area contributed by atoms with Gasteiger partial charge < -0.3 is 4.90 Å². The molecule has 0 radical (unpaired) electrons. The predicted octanol–water partition coefficient (Wildman–Crippen LogP) is 3.25. The van der Waals surface area contributed by atoms with Gasteiger partial charge in [0.1, 0.15) is 0 Å². The number of anilines is 1. The Labute approximate surface area is 190 Å². The van der Waals surface area contributed by atoms with Crippen molar-refractivity contribution < 1.29 is 9.59 Å². The van der Waals surface area contributed by atoms with E-state index < -0.39 is 5.91 Å². The Morgan fingerprint density at radius 3 is 2.44 bits per heavy atom. The minimum absolute atomic E-state index is 0.338. The molecule has 3 aromatic rings. The number of rotatable bonds is 4. The molecule has 2 aliphatic heterocycles. The summed E-state index contributed by atoms with van der Waals surface area (Å²) >= 11 is 0.882. The number of imidazole rings is 1. The Morgan fingerprint density at radius 2 is 1.78 bits per heavy atom. The van der Waals surface area contributed by atoms with E-state index in [0.717, 1.165) is 54.8 Å². The molecular weight excluding hydrogens is 424 g/mol. The van der Waals surface area contributed by atoms with Crippen molar-refractivity contribution in [3.05, 3.63) is 53.2 Å². The van der Waals surface area contributed by atoms with E-state index in [1.54, 1.807) is 22.9 Å². The van der Waals surface area contributed by atoms with E-state index in [9.17, 15) is 9.59 Å². The molecule has 2 fully saturated rings. The van der Waals surface area contributed by atoms with E-state index in [2.05, 4.69) is 63.3 Å². The number of benzene rings is 1. The molecule has 2 aliphatic rings. The molecule has 0 spiro atoms. The predicted molar refractivity (Wildman–Crippen MR) is 126 cm³/mol. The summed E-state index contributed by atoms with van der Waals surface area (Å²) in [5.74, 6) is -0.391. The Kier molecular flexibility index (Phi) is 5.44. The average molecular weight is 449 g/mol. The summed E-state index contributed by atoms with van der Waals surface area (Å²) in [6.45, 7) is 8.71. The van der Waals surface area contributed by atoms with Crippen molar-refractivity contribution in [1.29, 1.82) is 0 Å². The van der Waals surface area contributed by atoms with Crippen LogP contribution in [0.3, 0.4) is 0 Å². The number of carbonyl (C=O) groups excluding carboxylic acids is 2. The molecule has 2 amide bonds. The molecule has 5 rings (SSSR count). The molecule has 0 bridgehead atoms. The molecular formula is C23H24N6O2S. The molecule has 0 saturated carbocycles. The summed E-state index contributed by atoms with van der Waals surface area (Å²) in [5.41, 5.74) is 4.41. The number of thioether (sulfide) groups is 1. The quantitative estimate of drug-likeness (QED) is 0.614. The van der Waals surface area contributed by atoms with Crippen molar-refractivity contribution in [1.82, 2.24) is 24.8 Å². The topological polar surface area (TPSA) is 82.8 Å². The molecule has 4 heterocycles. The van der Waals surface area contributed by atoms with Gasteiger partial charge in [-0.2, -0.15) is 5.10 Å². The number of nitrogens with one attached hydrogen (secondary N) is 1. The molecule has 164 valence electrons. The summed E-state index contributed by atoms with van der Waals surface area (Å²) in [4.78, 5) is 33.0. The van der Waals surface area contributed by atoms with E-state index in [4.69, 9.17) is 0 Å². The lowest BCUT2D eigenvalue weighted by molar-refractivity contribution is -0.115. The minimum atomic E-state index is -0.391. The van der Waals surface area contributed by atoms with Crippen LogP contribution in [-0.4, -0.2) is 62.9 Å². The number of piperazine rings is 1. The number of fused-ring (bicyclic) bond motifs is 1. The third kappa shape index (κ3) is 4.01. The van der Waals surface area contributed by atoms with E-state index in [1.165, 1.54) is 5.69 Å². The number of imide groups is 1. The van der Waals surface area contributed by atoms with Crippen molar-refractivity contribution in [2.75, 3.05) is 31.1 Å². The van der Waals surface area contributed by atoms with Gasteiger partial charge in [-0.1, -0.05) is 12.1 Å². The Morgan fingerprint density at radius 1 is 1.03 bits per heavy atom. The maximum atomic E-state index is 11.8. The molecule has 1 aromatic carbocycles. The van der Waals surface area contributed by atoms with Crippen molar-refractivity contribution in [3.63, 3.8) is 0 Å². The molecule has 9 heteroatoms. The molecule has 8 nitrogen and oxygen atoms in total. The van der Waals surface area contributed by atoms with Crippen LogP contribution in [-0.2, 0) is 4.79 Å². The normalized spacial score (nSPS) is 18.8. The zero-order valence-electron chi connectivity index (χ0n) is 18.0. The van der Waals surface area contributed by atoms with Gasteiger partial charge in [-0.15, -0.1) is 0 Å². The van der Waals surface area contributed by atoms with Crippen molar-refractivity contribution in [3.8, 4) is 11.3 Å². The highest BCUT2D eigenvalue weighted by Crippen LogP contribution is 2.27. The second-order valence-electron chi connectivity index (χ2n) is 8.19. The van der Waals surface area contributed by atoms with Crippen LogP contribution < -0.4 is 10.2 Å². The summed E-state index contributed by atoms with van der Waals surface area (Å²) in [7, 11) is 0. The zero-order chi connectivity index (χ0) is 22.2. The van der Waals surface area contributed by atoms with Crippen LogP contribution >= 0.6 is 11.8 Å². The molecule has 2 saturated heterocycles. The van der Waals surface area contributed by atoms with Crippen LogP contribution in [0.25, 0.3) is 23.0 Å². The molecule has 1 N–H and O–H groups in total. The summed E-state index contributed by atoms with van der Waals surface area (Å²) in [6.07, 6.45) is 3.42. The second kappa shape index (κ2) is 8.40. The number of nitrogens with zero attached hydrogens (tertiary/aromatic N) is 5. The van der Waals surface area contributed by atoms with Gasteiger partial charge in [-0.05, 0) is 56.0 Å². The first-order chi connectivity index (χ1) is 15.5. The molecule has 2 aromatic heterocycles. The number of aromatic nitrogens is 3. The van der Waals surface area contributed by atoms with E-state index in [0.29, 0.717) is 16.6 Å². The van der Waals surface area contributed by atoms with E-state index in [-0.39, 0.29) is 5.24 Å². The number of amides is 2. The van der Waals surface area contributed by atoms with Gasteiger partial charge in [0.15, 0.2) is 5.65 Å². The minimum Gasteiger partial charge on any atom is -0.369 e. The van der Waals surface area contributed by atoms with Gasteiger partial charge in [0, 0.05) is 43.5 Å². The largest absolute Gasteiger partial charge is 0.369 e. The number of hydrogen-bond acceptors (Lipinski definition) is 7. The fourth-order valence-corrected chi connectivity index (χ4v) is 4.72. The first kappa shape index (κ1) is 20.7. The zero-order valence-corrected chi connectivity index (χ0v) is 18.8. The fraction of sp³-hybridized carbons (Fsp3) is 0.304. The van der Waals surface area contributed by atoms with E-state index >= 15 is 0 Å². The van der Waals surface area contributed by atoms with Crippen molar-refractivity contribution >= 4 is 40.3 Å². The van der Waals surface area contributed by atoms with Gasteiger partial charge in [-0.3, -0.25) is 19.8 Å². The van der Waals surface area contributed by atoms with Crippen molar-refractivity contribution in [2.24, 2.45) is 0 Å². The van der Waals surface area contributed by atoms with Gasteiger partial charge in [0.25, 0.3) is 11.1 Å². The Balaban J connectivity index is 1.38. The van der Waals surface area contributed by atoms with Crippen LogP contribution in [0.2, 0.25) is 0 Å². The lowest BCUT2D eigenvalue weighted by Gasteiger charge is -2.38. The van der Waals surface area contributed by atoms with Crippen LogP contribution in [0.15, 0.2) is 47.5 Å². The number of hydrogen-bond donors (Lipinski definition) is 1. The SMILES string of the molecule is CC(C)N1CCN(c2ccc(-c3cnc4ccc(/C=C5\SC(=O)NC5=O)nn34)cc2)CC1. The van der Waals surface area contributed by atoms with Gasteiger partial charge in [0.05, 0.1) is 22.5 Å². The van der Waals surface area contributed by atoms with Gasteiger partial charge in [0.2, 0.25) is 0 Å². The van der Waals surface area contributed by atoms with Gasteiger partial charge in [-0.25, -0.2) is 9.50 Å². The molecule has 0 atom stereocenters. The van der Waals surface area contributed by atoms with Crippen LogP contribution in [0, 0.1) is 0 Å². The van der Waals surface area contributed by atoms with Crippen LogP contribution in [0.1, 0.15) is 19.5 Å². The Hall–Kier alpha value is -3.17. The highest BCUT2D eigenvalue weighted by atomic mass is 32.2. The third-order valence-corrected chi connectivity index (χ3v) is 6.69. The van der Waals surface area contributed by atoms with Crippen molar-refractivity contribution in [2.45, 2.75) is 19.9 Å². The summed E-state index contributed by atoms with van der Waals surface area (Å²) in [6, 6.07) is 12.7. The fourth-order valence-electron chi connectivity index (χ4n) is 4.06. The smallest absolute Gasteiger partial charge is 0.290 e. The average Bonchev–Trinajstić information content (AvgIpc) is 3.36. The van der Waals surface area contributed by atoms with E-state index in [1.807, 2.05) is 6.07 Å². The highest BCUT2D eigenvalue weighted by Gasteiger charge is 2.25. The molecule has 0 unspecified atom stereocenters. The van der Waals surface area contributed by atoms with Gasteiger partial charge >= 0.3 is 0 Å². The first-order valence-corrected chi connectivity index (χ1v) is 11.5. The maximum Gasteiger partial charge on any atom is 0.290 e. The third-order valence-electron chi connectivity index (χ3n) is 5.88. The molecule has 32 heavy (non-hydrogen) atoms. The maximum absolute atomic E-state index is 11.8. The standard InChI is InChI=1S/C23H24N6O2S/c1-15(2)27-9-11-28(12-10-27)18-6-3-16(4-7-18)19-14-24-21-8-5-17(26-29(19)21)13-20-22(30)25-23(31)32-20/h3-8,13-15H,9-12H2,1-2H3,(H,25,30,31)/b20-13-. The first-order valence-electron chi connectivity index (χ1n) is 10.7. The lowest BCUT2D eigenvalue weighted by atomic mass is 10.1. The molecule has 0 aliphatic carbocycles. The highest BCUT2D eigenvalue weighted by molar-refractivity contribution is 8.18. The Bertz CT molecular complexity index is 1210. The number of carbonyl (C=O) groups is 2. The summed E-state index contributed by atoms with van der Waals surface area (Å²) in [5, 5.41) is 6.52. The summed E-state index contributed by atoms with van der Waals surface area (Å²) < 4.78 is 1.77.